The van der Waals surface area contributed by atoms with Crippen LogP contribution in [0.25, 0.3) is 0 Å². The molecule has 0 aliphatic heterocycles. The third-order valence-corrected chi connectivity index (χ3v) is 3.62. The topological polar surface area (TPSA) is 74.4 Å². The molecule has 0 spiro atoms. The van der Waals surface area contributed by atoms with Gasteiger partial charge in [0.15, 0.2) is 0 Å². The highest BCUT2D eigenvalue weighted by atomic mass is 16.5. The van der Waals surface area contributed by atoms with Crippen molar-refractivity contribution in [2.24, 2.45) is 0 Å². The van der Waals surface area contributed by atoms with Crippen LogP contribution in [0, 0.1) is 0 Å². The molecule has 126 valence electrons. The predicted octanol–water partition coefficient (Wildman–Crippen LogP) is -0.407. The van der Waals surface area contributed by atoms with Crippen LogP contribution in [0.5, 0.6) is 5.75 Å². The van der Waals surface area contributed by atoms with Gasteiger partial charge in [-0.1, -0.05) is 32.9 Å². The molecule has 1 atom stereocenters. The Morgan fingerprint density at radius 2 is 1.59 bits per heavy atom. The van der Waals surface area contributed by atoms with Crippen LogP contribution in [0.15, 0.2) is 24.3 Å². The number of benzene rings is 1. The standard InChI is InChI=1S/C17H29NO4/c1-17(2,3)14-4-6-16(7-5-14)22-13-15(21)12-18(8-10-19)9-11-20/h4-7,15,19-21H,8-13H2,1-3H3/p+1/t15-/m1/s1. The summed E-state index contributed by atoms with van der Waals surface area (Å²) in [6.45, 7) is 8.23. The van der Waals surface area contributed by atoms with E-state index >= 15 is 0 Å². The zero-order chi connectivity index (χ0) is 16.6. The maximum Gasteiger partial charge on any atom is 0.137 e. The third kappa shape index (κ3) is 6.75. The van der Waals surface area contributed by atoms with Gasteiger partial charge in [0.1, 0.15) is 38.1 Å². The first-order valence-electron chi connectivity index (χ1n) is 7.83. The first-order chi connectivity index (χ1) is 10.4. The van der Waals surface area contributed by atoms with E-state index in [1.54, 1.807) is 0 Å². The number of hydrogen-bond acceptors (Lipinski definition) is 4. The Labute approximate surface area is 133 Å². The summed E-state index contributed by atoms with van der Waals surface area (Å²) in [5, 5.41) is 27.9. The molecule has 0 fully saturated rings. The fraction of sp³-hybridized carbons (Fsp3) is 0.647. The van der Waals surface area contributed by atoms with Gasteiger partial charge in [0.2, 0.25) is 0 Å². The molecular formula is C17H30NO4+. The van der Waals surface area contributed by atoms with Gasteiger partial charge >= 0.3 is 0 Å². The highest BCUT2D eigenvalue weighted by Gasteiger charge is 2.16. The van der Waals surface area contributed by atoms with Gasteiger partial charge in [0.05, 0.1) is 13.2 Å². The number of hydrogen-bond donors (Lipinski definition) is 4. The van der Waals surface area contributed by atoms with Crippen molar-refractivity contribution in [2.75, 3.05) is 39.5 Å². The molecule has 0 saturated heterocycles. The van der Waals surface area contributed by atoms with Crippen LogP contribution < -0.4 is 9.64 Å². The van der Waals surface area contributed by atoms with Gasteiger partial charge in [-0.3, -0.25) is 0 Å². The van der Waals surface area contributed by atoms with E-state index in [-0.39, 0.29) is 25.2 Å². The van der Waals surface area contributed by atoms with E-state index in [0.717, 1.165) is 10.6 Å². The molecule has 0 unspecified atom stereocenters. The van der Waals surface area contributed by atoms with Crippen LogP contribution in [0.4, 0.5) is 0 Å². The molecule has 5 nitrogen and oxygen atoms in total. The smallest absolute Gasteiger partial charge is 0.137 e. The molecule has 1 aromatic rings. The van der Waals surface area contributed by atoms with E-state index < -0.39 is 6.10 Å². The molecule has 22 heavy (non-hydrogen) atoms. The van der Waals surface area contributed by atoms with E-state index in [2.05, 4.69) is 20.8 Å². The van der Waals surface area contributed by atoms with Crippen molar-refractivity contribution in [3.8, 4) is 5.75 Å². The lowest BCUT2D eigenvalue weighted by Gasteiger charge is -2.21. The molecule has 0 aliphatic rings. The number of nitrogens with one attached hydrogen (secondary N) is 1. The lowest BCUT2D eigenvalue weighted by molar-refractivity contribution is -0.903. The summed E-state index contributed by atoms with van der Waals surface area (Å²) in [4.78, 5) is 0.962. The highest BCUT2D eigenvalue weighted by molar-refractivity contribution is 5.31. The van der Waals surface area contributed by atoms with E-state index in [9.17, 15) is 5.11 Å². The summed E-state index contributed by atoms with van der Waals surface area (Å²) in [7, 11) is 0. The molecule has 0 bridgehead atoms. The lowest BCUT2D eigenvalue weighted by Crippen LogP contribution is -3.14. The monoisotopic (exact) mass is 312 g/mol. The summed E-state index contributed by atoms with van der Waals surface area (Å²) in [6.07, 6.45) is -0.629. The minimum Gasteiger partial charge on any atom is -0.491 e. The van der Waals surface area contributed by atoms with Crippen molar-refractivity contribution in [3.05, 3.63) is 29.8 Å². The lowest BCUT2D eigenvalue weighted by atomic mass is 9.87. The number of aliphatic hydroxyl groups excluding tert-OH is 3. The molecule has 1 rings (SSSR count). The summed E-state index contributed by atoms with van der Waals surface area (Å²) in [6, 6.07) is 7.91. The van der Waals surface area contributed by atoms with E-state index in [0.29, 0.717) is 19.6 Å². The summed E-state index contributed by atoms with van der Waals surface area (Å²) >= 11 is 0. The van der Waals surface area contributed by atoms with E-state index in [4.69, 9.17) is 14.9 Å². The number of aliphatic hydroxyl groups is 3. The molecule has 0 amide bonds. The maximum absolute atomic E-state index is 10.0. The Balaban J connectivity index is 2.44. The molecule has 0 aromatic heterocycles. The Morgan fingerprint density at radius 3 is 2.05 bits per heavy atom. The average Bonchev–Trinajstić information content (AvgIpc) is 2.45. The molecule has 0 saturated carbocycles. The molecule has 0 aliphatic carbocycles. The first kappa shape index (κ1) is 18.9. The second-order valence-electron chi connectivity index (χ2n) is 6.64. The number of rotatable bonds is 9. The number of quaternary nitrogens is 1. The van der Waals surface area contributed by atoms with Crippen LogP contribution in [0.3, 0.4) is 0 Å². The average molecular weight is 312 g/mol. The predicted molar refractivity (Wildman–Crippen MR) is 86.4 cm³/mol. The Kier molecular flexibility index (Phi) is 7.82. The van der Waals surface area contributed by atoms with Gasteiger partial charge in [-0.2, -0.15) is 0 Å². The van der Waals surface area contributed by atoms with Crippen LogP contribution >= 0.6 is 0 Å². The summed E-state index contributed by atoms with van der Waals surface area (Å²) < 4.78 is 5.60. The van der Waals surface area contributed by atoms with Crippen molar-refractivity contribution >= 4 is 0 Å². The van der Waals surface area contributed by atoms with Gasteiger partial charge in [-0.25, -0.2) is 0 Å². The van der Waals surface area contributed by atoms with Gasteiger partial charge in [-0.05, 0) is 23.1 Å². The highest BCUT2D eigenvalue weighted by Crippen LogP contribution is 2.24. The van der Waals surface area contributed by atoms with Crippen molar-refractivity contribution in [3.63, 3.8) is 0 Å². The molecule has 0 heterocycles. The Morgan fingerprint density at radius 1 is 1.05 bits per heavy atom. The molecule has 4 N–H and O–H groups in total. The molecular weight excluding hydrogens is 282 g/mol. The van der Waals surface area contributed by atoms with Crippen LogP contribution in [0.1, 0.15) is 26.3 Å². The van der Waals surface area contributed by atoms with Crippen molar-refractivity contribution in [2.45, 2.75) is 32.3 Å². The summed E-state index contributed by atoms with van der Waals surface area (Å²) in [5.41, 5.74) is 1.35. The summed E-state index contributed by atoms with van der Waals surface area (Å²) in [5.74, 6) is 0.734. The molecule has 1 aromatic carbocycles. The largest absolute Gasteiger partial charge is 0.491 e. The van der Waals surface area contributed by atoms with Gasteiger partial charge in [0, 0.05) is 0 Å². The maximum atomic E-state index is 10.0. The van der Waals surface area contributed by atoms with Crippen LogP contribution in [0.2, 0.25) is 0 Å². The Bertz CT molecular complexity index is 408. The normalized spacial score (nSPS) is 13.4. The van der Waals surface area contributed by atoms with Gasteiger partial charge < -0.3 is 25.0 Å². The minimum absolute atomic E-state index is 0.0389. The van der Waals surface area contributed by atoms with E-state index in [1.165, 1.54) is 5.56 Å². The Hall–Kier alpha value is -1.14. The first-order valence-corrected chi connectivity index (χ1v) is 7.83. The minimum atomic E-state index is -0.629. The van der Waals surface area contributed by atoms with E-state index in [1.807, 2.05) is 24.3 Å². The quantitative estimate of drug-likeness (QED) is 0.500. The second kappa shape index (κ2) is 9.10. The zero-order valence-electron chi connectivity index (χ0n) is 13.9. The number of ether oxygens (including phenoxy) is 1. The van der Waals surface area contributed by atoms with Crippen LogP contribution in [-0.4, -0.2) is 60.9 Å². The second-order valence-corrected chi connectivity index (χ2v) is 6.64. The van der Waals surface area contributed by atoms with Gasteiger partial charge in [0.25, 0.3) is 0 Å². The van der Waals surface area contributed by atoms with Crippen molar-refractivity contribution < 1.29 is 25.0 Å². The van der Waals surface area contributed by atoms with Gasteiger partial charge in [-0.15, -0.1) is 0 Å². The molecule has 5 heteroatoms. The van der Waals surface area contributed by atoms with Crippen LogP contribution in [-0.2, 0) is 5.41 Å². The fourth-order valence-corrected chi connectivity index (χ4v) is 2.28. The van der Waals surface area contributed by atoms with Crippen molar-refractivity contribution in [1.29, 1.82) is 0 Å². The van der Waals surface area contributed by atoms with Crippen molar-refractivity contribution in [1.82, 2.24) is 0 Å². The SMILES string of the molecule is CC(C)(C)c1ccc(OC[C@H](O)C[NH+](CCO)CCO)cc1. The zero-order valence-corrected chi connectivity index (χ0v) is 13.9. The fourth-order valence-electron chi connectivity index (χ4n) is 2.28. The molecule has 0 radical (unpaired) electrons. The third-order valence-electron chi connectivity index (χ3n) is 3.62.